The Labute approximate surface area is 164 Å². The van der Waals surface area contributed by atoms with Gasteiger partial charge in [0.2, 0.25) is 0 Å². The van der Waals surface area contributed by atoms with E-state index in [1.165, 1.54) is 23.1 Å². The molecule has 0 heterocycles. The molecule has 0 fully saturated rings. The molecule has 0 aliphatic heterocycles. The quantitative estimate of drug-likeness (QED) is 0.733. The average Bonchev–Trinajstić information content (AvgIpc) is 2.62. The fourth-order valence-electron chi connectivity index (χ4n) is 2.55. The van der Waals surface area contributed by atoms with E-state index < -0.39 is 15.9 Å². The molecule has 0 aliphatic rings. The zero-order valence-electron chi connectivity index (χ0n) is 15.5. The summed E-state index contributed by atoms with van der Waals surface area (Å²) in [6, 6.07) is 9.25. The summed E-state index contributed by atoms with van der Waals surface area (Å²) in [7, 11) is -3.89. The molecule has 0 aliphatic carbocycles. The number of nitrogens with zero attached hydrogens (tertiary/aromatic N) is 1. The van der Waals surface area contributed by atoms with Gasteiger partial charge in [-0.1, -0.05) is 17.7 Å². The predicted molar refractivity (Wildman–Crippen MR) is 107 cm³/mol. The summed E-state index contributed by atoms with van der Waals surface area (Å²) in [5, 5.41) is 9.24. The Hall–Kier alpha value is -2.09. The molecule has 2 aromatic rings. The van der Waals surface area contributed by atoms with E-state index in [0.29, 0.717) is 12.2 Å². The molecule has 8 heteroatoms. The van der Waals surface area contributed by atoms with Gasteiger partial charge in [-0.3, -0.25) is 9.52 Å². The van der Waals surface area contributed by atoms with Crippen molar-refractivity contribution in [1.82, 2.24) is 4.90 Å². The van der Waals surface area contributed by atoms with E-state index in [0.717, 1.165) is 11.1 Å². The van der Waals surface area contributed by atoms with Gasteiger partial charge in [-0.15, -0.1) is 0 Å². The highest BCUT2D eigenvalue weighted by Gasteiger charge is 2.22. The predicted octanol–water partition coefficient (Wildman–Crippen LogP) is 3.21. The summed E-state index contributed by atoms with van der Waals surface area (Å²) in [6.07, 6.45) is 0. The van der Waals surface area contributed by atoms with Crippen LogP contribution in [0.25, 0.3) is 0 Å². The molecule has 0 radical (unpaired) electrons. The molecule has 0 unspecified atom stereocenters. The highest BCUT2D eigenvalue weighted by atomic mass is 35.5. The Morgan fingerprint density at radius 2 is 1.85 bits per heavy atom. The Balaban J connectivity index is 2.37. The lowest BCUT2D eigenvalue weighted by molar-refractivity contribution is 0.0732. The number of carbonyl (C=O) groups is 1. The highest BCUT2D eigenvalue weighted by molar-refractivity contribution is 7.92. The molecule has 27 heavy (non-hydrogen) atoms. The van der Waals surface area contributed by atoms with Crippen molar-refractivity contribution in [2.45, 2.75) is 25.7 Å². The molecule has 2 aromatic carbocycles. The van der Waals surface area contributed by atoms with E-state index in [-0.39, 0.29) is 28.6 Å². The lowest BCUT2D eigenvalue weighted by Gasteiger charge is -2.20. The SMILES string of the molecule is CCN(CCO)C(=O)c1cc(S(=O)(=O)Nc2ccc(C)c(C)c2)ccc1Cl. The number of aliphatic hydroxyl groups is 1. The minimum absolute atomic E-state index is 0.0615. The first-order chi connectivity index (χ1) is 12.7. The molecular weight excluding hydrogens is 388 g/mol. The van der Waals surface area contributed by atoms with Gasteiger partial charge in [0, 0.05) is 18.8 Å². The number of amides is 1. The number of benzene rings is 2. The molecule has 0 saturated heterocycles. The van der Waals surface area contributed by atoms with Crippen LogP contribution in [0.15, 0.2) is 41.3 Å². The zero-order chi connectivity index (χ0) is 20.2. The van der Waals surface area contributed by atoms with Gasteiger partial charge in [0.1, 0.15) is 0 Å². The molecule has 0 spiro atoms. The van der Waals surface area contributed by atoms with Gasteiger partial charge in [-0.05, 0) is 62.2 Å². The summed E-state index contributed by atoms with van der Waals surface area (Å²) < 4.78 is 28.0. The van der Waals surface area contributed by atoms with Crippen LogP contribution in [0.2, 0.25) is 5.02 Å². The second kappa shape index (κ2) is 8.73. The van der Waals surface area contributed by atoms with Gasteiger partial charge >= 0.3 is 0 Å². The van der Waals surface area contributed by atoms with Crippen LogP contribution in [0.1, 0.15) is 28.4 Å². The lowest BCUT2D eigenvalue weighted by Crippen LogP contribution is -2.33. The fourth-order valence-corrected chi connectivity index (χ4v) is 3.82. The van der Waals surface area contributed by atoms with E-state index in [2.05, 4.69) is 4.72 Å². The van der Waals surface area contributed by atoms with Crippen molar-refractivity contribution in [2.24, 2.45) is 0 Å². The van der Waals surface area contributed by atoms with E-state index >= 15 is 0 Å². The standard InChI is InChI=1S/C19H23ClN2O4S/c1-4-22(9-10-23)19(24)17-12-16(7-8-18(17)20)27(25,26)21-15-6-5-13(2)14(3)11-15/h5-8,11-12,21,23H,4,9-10H2,1-3H3. The first-order valence-electron chi connectivity index (χ1n) is 8.49. The first-order valence-corrected chi connectivity index (χ1v) is 10.4. The third-order valence-corrected chi connectivity index (χ3v) is 5.99. The summed E-state index contributed by atoms with van der Waals surface area (Å²) in [5.74, 6) is -0.431. The number of hydrogen-bond donors (Lipinski definition) is 2. The molecule has 0 bridgehead atoms. The Morgan fingerprint density at radius 1 is 1.15 bits per heavy atom. The summed E-state index contributed by atoms with van der Waals surface area (Å²) in [4.78, 5) is 14.0. The lowest BCUT2D eigenvalue weighted by atomic mass is 10.1. The maximum atomic E-state index is 12.7. The molecule has 1 amide bonds. The topological polar surface area (TPSA) is 86.7 Å². The van der Waals surface area contributed by atoms with Gasteiger partial charge in [0.25, 0.3) is 15.9 Å². The number of nitrogens with one attached hydrogen (secondary N) is 1. The minimum atomic E-state index is -3.89. The number of halogens is 1. The van der Waals surface area contributed by atoms with Crippen molar-refractivity contribution in [3.8, 4) is 0 Å². The van der Waals surface area contributed by atoms with Crippen molar-refractivity contribution in [3.63, 3.8) is 0 Å². The summed E-state index contributed by atoms with van der Waals surface area (Å²) in [5.41, 5.74) is 2.54. The smallest absolute Gasteiger partial charge is 0.261 e. The maximum absolute atomic E-state index is 12.7. The summed E-state index contributed by atoms with van der Waals surface area (Å²) in [6.45, 7) is 5.92. The maximum Gasteiger partial charge on any atom is 0.261 e. The first kappa shape index (κ1) is 21.2. The monoisotopic (exact) mass is 410 g/mol. The Morgan fingerprint density at radius 3 is 2.44 bits per heavy atom. The van der Waals surface area contributed by atoms with Crippen LogP contribution in [0.5, 0.6) is 0 Å². The van der Waals surface area contributed by atoms with Crippen LogP contribution >= 0.6 is 11.6 Å². The molecule has 0 aromatic heterocycles. The van der Waals surface area contributed by atoms with Crippen LogP contribution in [0, 0.1) is 13.8 Å². The largest absolute Gasteiger partial charge is 0.395 e. The van der Waals surface area contributed by atoms with Crippen LogP contribution in [0.4, 0.5) is 5.69 Å². The van der Waals surface area contributed by atoms with E-state index in [4.69, 9.17) is 16.7 Å². The molecule has 0 atom stereocenters. The number of likely N-dealkylation sites (N-methyl/N-ethyl adjacent to an activating group) is 1. The van der Waals surface area contributed by atoms with Crippen LogP contribution < -0.4 is 4.72 Å². The van der Waals surface area contributed by atoms with Gasteiger partial charge in [-0.2, -0.15) is 0 Å². The van der Waals surface area contributed by atoms with E-state index in [1.807, 2.05) is 19.9 Å². The Kier molecular flexibility index (Phi) is 6.86. The second-order valence-corrected chi connectivity index (χ2v) is 8.24. The molecule has 2 rings (SSSR count). The van der Waals surface area contributed by atoms with Gasteiger partial charge in [0.15, 0.2) is 0 Å². The molecule has 6 nitrogen and oxygen atoms in total. The number of anilines is 1. The highest BCUT2D eigenvalue weighted by Crippen LogP contribution is 2.24. The van der Waals surface area contributed by atoms with Gasteiger partial charge in [-0.25, -0.2) is 8.42 Å². The van der Waals surface area contributed by atoms with Crippen LogP contribution in [-0.4, -0.2) is 44.0 Å². The average molecular weight is 411 g/mol. The number of aliphatic hydroxyl groups excluding tert-OH is 1. The van der Waals surface area contributed by atoms with Crippen molar-refractivity contribution in [2.75, 3.05) is 24.4 Å². The number of hydrogen-bond acceptors (Lipinski definition) is 4. The minimum Gasteiger partial charge on any atom is -0.395 e. The molecule has 0 saturated carbocycles. The Bertz CT molecular complexity index is 945. The van der Waals surface area contributed by atoms with Crippen molar-refractivity contribution < 1.29 is 18.3 Å². The van der Waals surface area contributed by atoms with Crippen LogP contribution in [0.3, 0.4) is 0 Å². The number of rotatable bonds is 7. The third-order valence-electron chi connectivity index (χ3n) is 4.28. The normalized spacial score (nSPS) is 11.3. The number of aryl methyl sites for hydroxylation is 2. The molecular formula is C19H23ClN2O4S. The zero-order valence-corrected chi connectivity index (χ0v) is 17.1. The van der Waals surface area contributed by atoms with E-state index in [9.17, 15) is 13.2 Å². The fraction of sp³-hybridized carbons (Fsp3) is 0.316. The van der Waals surface area contributed by atoms with Crippen molar-refractivity contribution >= 4 is 33.2 Å². The van der Waals surface area contributed by atoms with Crippen molar-refractivity contribution in [3.05, 3.63) is 58.1 Å². The number of sulfonamides is 1. The van der Waals surface area contributed by atoms with E-state index in [1.54, 1.807) is 19.1 Å². The van der Waals surface area contributed by atoms with Crippen LogP contribution in [-0.2, 0) is 10.0 Å². The van der Waals surface area contributed by atoms with Crippen molar-refractivity contribution in [1.29, 1.82) is 0 Å². The number of carbonyl (C=O) groups excluding carboxylic acids is 1. The van der Waals surface area contributed by atoms with Gasteiger partial charge < -0.3 is 10.0 Å². The molecule has 2 N–H and O–H groups in total. The summed E-state index contributed by atoms with van der Waals surface area (Å²) >= 11 is 6.12. The third kappa shape index (κ3) is 5.00. The second-order valence-electron chi connectivity index (χ2n) is 6.15. The molecule has 146 valence electrons. The van der Waals surface area contributed by atoms with Gasteiger partial charge in [0.05, 0.1) is 22.1 Å².